The molecule has 1 aromatic rings. The second kappa shape index (κ2) is 7.01. The minimum absolute atomic E-state index is 0.220. The first-order valence-electron chi connectivity index (χ1n) is 6.51. The molecule has 0 aromatic heterocycles. The van der Waals surface area contributed by atoms with Crippen molar-refractivity contribution in [2.75, 3.05) is 13.2 Å². The molecular formula is C14H17BrFNO2. The van der Waals surface area contributed by atoms with Crippen LogP contribution in [-0.2, 0) is 4.74 Å². The van der Waals surface area contributed by atoms with Crippen molar-refractivity contribution in [2.45, 2.75) is 31.8 Å². The standard InChI is InChI=1S/C14H17BrFNO2/c15-13-9-10(16)5-6-12(13)14(18)17-7-8-19-11-3-1-2-4-11/h5-6,9,11H,1-4,7-8H2,(H,17,18). The lowest BCUT2D eigenvalue weighted by Crippen LogP contribution is -2.28. The molecule has 1 fully saturated rings. The summed E-state index contributed by atoms with van der Waals surface area (Å²) in [6.07, 6.45) is 5.07. The second-order valence-corrected chi connectivity index (χ2v) is 5.51. The molecule has 19 heavy (non-hydrogen) atoms. The Labute approximate surface area is 120 Å². The highest BCUT2D eigenvalue weighted by Crippen LogP contribution is 2.20. The first kappa shape index (κ1) is 14.5. The number of hydrogen-bond acceptors (Lipinski definition) is 2. The molecule has 0 bridgehead atoms. The van der Waals surface area contributed by atoms with Crippen molar-refractivity contribution < 1.29 is 13.9 Å². The Morgan fingerprint density at radius 2 is 2.16 bits per heavy atom. The number of ether oxygens (including phenoxy) is 1. The van der Waals surface area contributed by atoms with E-state index in [0.717, 1.165) is 12.8 Å². The van der Waals surface area contributed by atoms with Crippen molar-refractivity contribution in [3.05, 3.63) is 34.1 Å². The maximum Gasteiger partial charge on any atom is 0.252 e. The van der Waals surface area contributed by atoms with Crippen LogP contribution in [0, 0.1) is 5.82 Å². The largest absolute Gasteiger partial charge is 0.376 e. The summed E-state index contributed by atoms with van der Waals surface area (Å²) in [5.74, 6) is -0.588. The van der Waals surface area contributed by atoms with Crippen molar-refractivity contribution in [3.63, 3.8) is 0 Å². The Kier molecular flexibility index (Phi) is 5.34. The molecule has 0 radical (unpaired) electrons. The van der Waals surface area contributed by atoms with E-state index in [1.165, 1.54) is 31.0 Å². The quantitative estimate of drug-likeness (QED) is 0.842. The number of nitrogens with one attached hydrogen (secondary N) is 1. The van der Waals surface area contributed by atoms with E-state index in [4.69, 9.17) is 4.74 Å². The van der Waals surface area contributed by atoms with Gasteiger partial charge in [-0.15, -0.1) is 0 Å². The van der Waals surface area contributed by atoms with E-state index < -0.39 is 0 Å². The fraction of sp³-hybridized carbons (Fsp3) is 0.500. The van der Waals surface area contributed by atoms with Gasteiger partial charge in [0.1, 0.15) is 5.82 Å². The summed E-state index contributed by atoms with van der Waals surface area (Å²) in [6.45, 7) is 0.994. The third-order valence-electron chi connectivity index (χ3n) is 3.22. The lowest BCUT2D eigenvalue weighted by atomic mass is 10.2. The van der Waals surface area contributed by atoms with Crippen LogP contribution in [0.1, 0.15) is 36.0 Å². The molecular weight excluding hydrogens is 313 g/mol. The van der Waals surface area contributed by atoms with Gasteiger partial charge in [-0.1, -0.05) is 12.8 Å². The molecule has 3 nitrogen and oxygen atoms in total. The first-order valence-corrected chi connectivity index (χ1v) is 7.31. The Hall–Kier alpha value is -0.940. The van der Waals surface area contributed by atoms with E-state index in [1.54, 1.807) is 0 Å². The van der Waals surface area contributed by atoms with E-state index >= 15 is 0 Å². The number of benzene rings is 1. The van der Waals surface area contributed by atoms with E-state index in [9.17, 15) is 9.18 Å². The average molecular weight is 330 g/mol. The summed E-state index contributed by atoms with van der Waals surface area (Å²) in [4.78, 5) is 11.9. The van der Waals surface area contributed by atoms with Crippen molar-refractivity contribution in [1.82, 2.24) is 5.32 Å². The highest BCUT2D eigenvalue weighted by molar-refractivity contribution is 9.10. The molecule has 1 aliphatic carbocycles. The normalized spacial score (nSPS) is 15.7. The molecule has 0 heterocycles. The molecule has 1 amide bonds. The lowest BCUT2D eigenvalue weighted by molar-refractivity contribution is 0.0581. The zero-order valence-electron chi connectivity index (χ0n) is 10.6. The van der Waals surface area contributed by atoms with Gasteiger partial charge < -0.3 is 10.1 Å². The van der Waals surface area contributed by atoms with Crippen LogP contribution in [0.3, 0.4) is 0 Å². The predicted octanol–water partition coefficient (Wildman–Crippen LogP) is 3.28. The maximum absolute atomic E-state index is 12.9. The summed E-state index contributed by atoms with van der Waals surface area (Å²) in [5.41, 5.74) is 0.433. The smallest absolute Gasteiger partial charge is 0.252 e. The molecule has 5 heteroatoms. The molecule has 0 atom stereocenters. The number of halogens is 2. The van der Waals surface area contributed by atoms with Crippen LogP contribution < -0.4 is 5.32 Å². The van der Waals surface area contributed by atoms with Crippen LogP contribution in [0.4, 0.5) is 4.39 Å². The van der Waals surface area contributed by atoms with Crippen LogP contribution in [-0.4, -0.2) is 25.2 Å². The molecule has 1 aliphatic rings. The Morgan fingerprint density at radius 3 is 2.84 bits per heavy atom. The van der Waals surface area contributed by atoms with Gasteiger partial charge in [-0.3, -0.25) is 4.79 Å². The molecule has 0 saturated heterocycles. The molecule has 1 saturated carbocycles. The molecule has 0 unspecified atom stereocenters. The molecule has 1 aromatic carbocycles. The van der Waals surface area contributed by atoms with E-state index in [2.05, 4.69) is 21.2 Å². The highest BCUT2D eigenvalue weighted by atomic mass is 79.9. The van der Waals surface area contributed by atoms with Crippen LogP contribution in [0.25, 0.3) is 0 Å². The monoisotopic (exact) mass is 329 g/mol. The Morgan fingerprint density at radius 1 is 1.42 bits per heavy atom. The SMILES string of the molecule is O=C(NCCOC1CCCC1)c1ccc(F)cc1Br. The predicted molar refractivity (Wildman–Crippen MR) is 74.6 cm³/mol. The van der Waals surface area contributed by atoms with Gasteiger partial charge in [-0.2, -0.15) is 0 Å². The first-order chi connectivity index (χ1) is 9.16. The fourth-order valence-corrected chi connectivity index (χ4v) is 2.74. The molecule has 1 N–H and O–H groups in total. The van der Waals surface area contributed by atoms with Gasteiger partial charge in [0, 0.05) is 11.0 Å². The zero-order chi connectivity index (χ0) is 13.7. The minimum Gasteiger partial charge on any atom is -0.376 e. The molecule has 104 valence electrons. The number of carbonyl (C=O) groups excluding carboxylic acids is 1. The Bertz CT molecular complexity index is 447. The van der Waals surface area contributed by atoms with Gasteiger partial charge in [0.15, 0.2) is 0 Å². The summed E-state index contributed by atoms with van der Waals surface area (Å²) in [5, 5.41) is 2.77. The number of amides is 1. The average Bonchev–Trinajstić information content (AvgIpc) is 2.87. The van der Waals surface area contributed by atoms with Crippen molar-refractivity contribution >= 4 is 21.8 Å². The van der Waals surface area contributed by atoms with Crippen LogP contribution in [0.2, 0.25) is 0 Å². The topological polar surface area (TPSA) is 38.3 Å². The van der Waals surface area contributed by atoms with E-state index in [0.29, 0.717) is 29.3 Å². The minimum atomic E-state index is -0.368. The van der Waals surface area contributed by atoms with Gasteiger partial charge in [0.25, 0.3) is 5.91 Å². The summed E-state index contributed by atoms with van der Waals surface area (Å²) >= 11 is 3.18. The van der Waals surface area contributed by atoms with Crippen molar-refractivity contribution in [3.8, 4) is 0 Å². The fourth-order valence-electron chi connectivity index (χ4n) is 2.21. The van der Waals surface area contributed by atoms with E-state index in [1.807, 2.05) is 0 Å². The zero-order valence-corrected chi connectivity index (χ0v) is 12.2. The van der Waals surface area contributed by atoms with Gasteiger partial charge in [0.05, 0.1) is 18.3 Å². The summed E-state index contributed by atoms with van der Waals surface area (Å²) in [6, 6.07) is 4.02. The van der Waals surface area contributed by atoms with Gasteiger partial charge in [-0.25, -0.2) is 4.39 Å². The maximum atomic E-state index is 12.9. The third kappa shape index (κ3) is 4.28. The van der Waals surface area contributed by atoms with Crippen molar-refractivity contribution in [1.29, 1.82) is 0 Å². The van der Waals surface area contributed by atoms with Crippen LogP contribution >= 0.6 is 15.9 Å². The second-order valence-electron chi connectivity index (χ2n) is 4.66. The van der Waals surface area contributed by atoms with E-state index in [-0.39, 0.29) is 11.7 Å². The number of rotatable bonds is 5. The number of carbonyl (C=O) groups is 1. The third-order valence-corrected chi connectivity index (χ3v) is 3.88. The van der Waals surface area contributed by atoms with Gasteiger partial charge in [-0.05, 0) is 47.0 Å². The number of hydrogen-bond donors (Lipinski definition) is 1. The molecule has 2 rings (SSSR count). The van der Waals surface area contributed by atoms with Crippen LogP contribution in [0.5, 0.6) is 0 Å². The highest BCUT2D eigenvalue weighted by Gasteiger charge is 2.15. The summed E-state index contributed by atoms with van der Waals surface area (Å²) < 4.78 is 19.0. The van der Waals surface area contributed by atoms with Gasteiger partial charge >= 0.3 is 0 Å². The molecule has 0 spiro atoms. The molecule has 0 aliphatic heterocycles. The van der Waals surface area contributed by atoms with Crippen LogP contribution in [0.15, 0.2) is 22.7 Å². The van der Waals surface area contributed by atoms with Crippen molar-refractivity contribution in [2.24, 2.45) is 0 Å². The Balaban J connectivity index is 1.74. The summed E-state index contributed by atoms with van der Waals surface area (Å²) in [7, 11) is 0. The van der Waals surface area contributed by atoms with Gasteiger partial charge in [0.2, 0.25) is 0 Å². The lowest BCUT2D eigenvalue weighted by Gasteiger charge is -2.11.